The standard InChI is InChI=1S/C12H18N4O3/c1-3-9(7-11(18)19)15-10(17)8-16(2)12-13-5-4-6-14-12/h4-6,9H,3,7-8H2,1-2H3,(H,15,17)(H,18,19). The Kier molecular flexibility index (Phi) is 5.72. The van der Waals surface area contributed by atoms with Crippen LogP contribution >= 0.6 is 0 Å². The van der Waals surface area contributed by atoms with Crippen LogP contribution in [0.3, 0.4) is 0 Å². The molecule has 1 aromatic rings. The molecule has 0 aromatic carbocycles. The van der Waals surface area contributed by atoms with Gasteiger partial charge in [-0.2, -0.15) is 0 Å². The molecule has 0 bridgehead atoms. The van der Waals surface area contributed by atoms with Crippen molar-refractivity contribution in [1.82, 2.24) is 15.3 Å². The van der Waals surface area contributed by atoms with Crippen LogP contribution in [-0.2, 0) is 9.59 Å². The monoisotopic (exact) mass is 266 g/mol. The Morgan fingerprint density at radius 1 is 1.42 bits per heavy atom. The summed E-state index contributed by atoms with van der Waals surface area (Å²) in [5.74, 6) is -0.723. The van der Waals surface area contributed by atoms with Gasteiger partial charge in [-0.25, -0.2) is 9.97 Å². The molecule has 0 spiro atoms. The maximum absolute atomic E-state index is 11.8. The molecule has 7 heteroatoms. The van der Waals surface area contributed by atoms with Crippen LogP contribution in [0.25, 0.3) is 0 Å². The van der Waals surface area contributed by atoms with Crippen LogP contribution in [0.1, 0.15) is 19.8 Å². The van der Waals surface area contributed by atoms with E-state index in [2.05, 4.69) is 15.3 Å². The Hall–Kier alpha value is -2.18. The Labute approximate surface area is 111 Å². The predicted octanol–water partition coefficient (Wildman–Crippen LogP) is 0.282. The van der Waals surface area contributed by atoms with E-state index in [0.717, 1.165) is 0 Å². The number of nitrogens with one attached hydrogen (secondary N) is 1. The molecule has 0 fully saturated rings. The van der Waals surface area contributed by atoms with E-state index in [0.29, 0.717) is 12.4 Å². The number of nitrogens with zero attached hydrogens (tertiary/aromatic N) is 3. The molecule has 104 valence electrons. The number of aromatic nitrogens is 2. The second-order valence-electron chi connectivity index (χ2n) is 4.18. The Morgan fingerprint density at radius 3 is 2.58 bits per heavy atom. The van der Waals surface area contributed by atoms with Gasteiger partial charge in [0.05, 0.1) is 13.0 Å². The summed E-state index contributed by atoms with van der Waals surface area (Å²) < 4.78 is 0. The van der Waals surface area contributed by atoms with Crippen LogP contribution in [0.15, 0.2) is 18.5 Å². The molecule has 1 rings (SSSR count). The maximum Gasteiger partial charge on any atom is 0.305 e. The lowest BCUT2D eigenvalue weighted by Gasteiger charge is -2.19. The van der Waals surface area contributed by atoms with Crippen LogP contribution in [0.4, 0.5) is 5.95 Å². The summed E-state index contributed by atoms with van der Waals surface area (Å²) in [6.45, 7) is 1.91. The molecule has 19 heavy (non-hydrogen) atoms. The number of carboxylic acids is 1. The first-order valence-electron chi connectivity index (χ1n) is 6.02. The third-order valence-electron chi connectivity index (χ3n) is 2.55. The molecular weight excluding hydrogens is 248 g/mol. The third-order valence-corrected chi connectivity index (χ3v) is 2.55. The van der Waals surface area contributed by atoms with Crippen molar-refractivity contribution in [2.45, 2.75) is 25.8 Å². The van der Waals surface area contributed by atoms with Crippen molar-refractivity contribution in [1.29, 1.82) is 0 Å². The molecule has 7 nitrogen and oxygen atoms in total. The molecule has 1 unspecified atom stereocenters. The molecule has 2 N–H and O–H groups in total. The number of anilines is 1. The molecule has 1 aromatic heterocycles. The summed E-state index contributed by atoms with van der Waals surface area (Å²) >= 11 is 0. The molecular formula is C12H18N4O3. The lowest BCUT2D eigenvalue weighted by Crippen LogP contribution is -2.42. The molecule has 1 heterocycles. The van der Waals surface area contributed by atoms with Gasteiger partial charge < -0.3 is 15.3 Å². The number of likely N-dealkylation sites (N-methyl/N-ethyl adjacent to an activating group) is 1. The molecule has 0 saturated carbocycles. The zero-order chi connectivity index (χ0) is 14.3. The second kappa shape index (κ2) is 7.30. The number of carbonyl (C=O) groups excluding carboxylic acids is 1. The van der Waals surface area contributed by atoms with Crippen LogP contribution in [0.2, 0.25) is 0 Å². The SMILES string of the molecule is CCC(CC(=O)O)NC(=O)CN(C)c1ncccn1. The van der Waals surface area contributed by atoms with Gasteiger partial charge in [-0.3, -0.25) is 9.59 Å². The van der Waals surface area contributed by atoms with Crippen molar-refractivity contribution < 1.29 is 14.7 Å². The highest BCUT2D eigenvalue weighted by atomic mass is 16.4. The van der Waals surface area contributed by atoms with E-state index in [1.54, 1.807) is 30.4 Å². The minimum Gasteiger partial charge on any atom is -0.481 e. The van der Waals surface area contributed by atoms with Gasteiger partial charge in [-0.15, -0.1) is 0 Å². The molecule has 1 amide bonds. The summed E-state index contributed by atoms with van der Waals surface area (Å²) in [6.07, 6.45) is 3.68. The number of carbonyl (C=O) groups is 2. The summed E-state index contributed by atoms with van der Waals surface area (Å²) in [7, 11) is 1.70. The minimum atomic E-state index is -0.924. The summed E-state index contributed by atoms with van der Waals surface area (Å²) in [6, 6.07) is 1.34. The first kappa shape index (κ1) is 14.9. The van der Waals surface area contributed by atoms with Gasteiger partial charge in [0.1, 0.15) is 0 Å². The Bertz CT molecular complexity index is 424. The van der Waals surface area contributed by atoms with E-state index in [9.17, 15) is 9.59 Å². The van der Waals surface area contributed by atoms with Gasteiger partial charge in [-0.05, 0) is 12.5 Å². The Balaban J connectivity index is 2.48. The van der Waals surface area contributed by atoms with Crippen molar-refractivity contribution in [2.75, 3.05) is 18.5 Å². The van der Waals surface area contributed by atoms with Crippen LogP contribution in [0.5, 0.6) is 0 Å². The largest absolute Gasteiger partial charge is 0.481 e. The van der Waals surface area contributed by atoms with Gasteiger partial charge >= 0.3 is 5.97 Å². The number of hydrogen-bond donors (Lipinski definition) is 2. The normalized spacial score (nSPS) is 11.7. The van der Waals surface area contributed by atoms with Crippen LogP contribution in [-0.4, -0.2) is 46.6 Å². The van der Waals surface area contributed by atoms with Gasteiger partial charge in [-0.1, -0.05) is 6.92 Å². The predicted molar refractivity (Wildman–Crippen MR) is 69.8 cm³/mol. The number of amides is 1. The van der Waals surface area contributed by atoms with Crippen molar-refractivity contribution >= 4 is 17.8 Å². The lowest BCUT2D eigenvalue weighted by molar-refractivity contribution is -0.137. The molecule has 0 saturated heterocycles. The topological polar surface area (TPSA) is 95.4 Å². The second-order valence-corrected chi connectivity index (χ2v) is 4.18. The van der Waals surface area contributed by atoms with E-state index < -0.39 is 5.97 Å². The molecule has 0 aliphatic heterocycles. The fraction of sp³-hybridized carbons (Fsp3) is 0.500. The quantitative estimate of drug-likeness (QED) is 0.736. The van der Waals surface area contributed by atoms with Crippen LogP contribution < -0.4 is 10.2 Å². The number of carboxylic acid groups (broad SMARTS) is 1. The zero-order valence-electron chi connectivity index (χ0n) is 11.0. The first-order chi connectivity index (χ1) is 9.02. The van der Waals surface area contributed by atoms with Gasteiger partial charge in [0.2, 0.25) is 11.9 Å². The number of hydrogen-bond acceptors (Lipinski definition) is 5. The third kappa shape index (κ3) is 5.33. The molecule has 0 aliphatic carbocycles. The average Bonchev–Trinajstić information content (AvgIpc) is 2.38. The van der Waals surface area contributed by atoms with E-state index in [1.807, 2.05) is 6.92 Å². The highest BCUT2D eigenvalue weighted by molar-refractivity contribution is 5.81. The first-order valence-corrected chi connectivity index (χ1v) is 6.02. The van der Waals surface area contributed by atoms with Crippen molar-refractivity contribution in [3.8, 4) is 0 Å². The van der Waals surface area contributed by atoms with Gasteiger partial charge in [0.15, 0.2) is 0 Å². The maximum atomic E-state index is 11.8. The van der Waals surface area contributed by atoms with Crippen molar-refractivity contribution in [2.24, 2.45) is 0 Å². The fourth-order valence-corrected chi connectivity index (χ4v) is 1.56. The summed E-state index contributed by atoms with van der Waals surface area (Å²) in [5.41, 5.74) is 0. The molecule has 1 atom stereocenters. The zero-order valence-corrected chi connectivity index (χ0v) is 11.0. The molecule has 0 radical (unpaired) electrons. The van der Waals surface area contributed by atoms with Crippen molar-refractivity contribution in [3.05, 3.63) is 18.5 Å². The molecule has 0 aliphatic rings. The Morgan fingerprint density at radius 2 is 2.05 bits per heavy atom. The highest BCUT2D eigenvalue weighted by Crippen LogP contribution is 2.02. The van der Waals surface area contributed by atoms with E-state index in [-0.39, 0.29) is 24.9 Å². The average molecular weight is 266 g/mol. The minimum absolute atomic E-state index is 0.0756. The van der Waals surface area contributed by atoms with Gasteiger partial charge in [0.25, 0.3) is 0 Å². The van der Waals surface area contributed by atoms with Gasteiger partial charge in [0, 0.05) is 25.5 Å². The smallest absolute Gasteiger partial charge is 0.305 e. The fourth-order valence-electron chi connectivity index (χ4n) is 1.56. The number of aliphatic carboxylic acids is 1. The highest BCUT2D eigenvalue weighted by Gasteiger charge is 2.15. The summed E-state index contributed by atoms with van der Waals surface area (Å²) in [4.78, 5) is 32.0. The van der Waals surface area contributed by atoms with E-state index in [4.69, 9.17) is 5.11 Å². The van der Waals surface area contributed by atoms with E-state index in [1.165, 1.54) is 0 Å². The summed E-state index contributed by atoms with van der Waals surface area (Å²) in [5, 5.41) is 11.4. The number of rotatable bonds is 7. The van der Waals surface area contributed by atoms with E-state index >= 15 is 0 Å². The van der Waals surface area contributed by atoms with Crippen LogP contribution in [0, 0.1) is 0 Å². The lowest BCUT2D eigenvalue weighted by atomic mass is 10.1. The van der Waals surface area contributed by atoms with Crippen molar-refractivity contribution in [3.63, 3.8) is 0 Å².